The van der Waals surface area contributed by atoms with Crippen LogP contribution in [0.4, 0.5) is 0 Å². The molecule has 3 nitrogen and oxygen atoms in total. The van der Waals surface area contributed by atoms with Gasteiger partial charge in [0.25, 0.3) is 0 Å². The van der Waals surface area contributed by atoms with Crippen LogP contribution in [-0.4, -0.2) is 9.97 Å². The summed E-state index contributed by atoms with van der Waals surface area (Å²) in [5, 5.41) is 0.445. The van der Waals surface area contributed by atoms with E-state index in [9.17, 15) is 0 Å². The van der Waals surface area contributed by atoms with Gasteiger partial charge >= 0.3 is 0 Å². The highest BCUT2D eigenvalue weighted by Crippen LogP contribution is 2.28. The first-order valence-corrected chi connectivity index (χ1v) is 6.27. The lowest BCUT2D eigenvalue weighted by atomic mass is 10.1. The summed E-state index contributed by atoms with van der Waals surface area (Å²) in [5.74, 6) is 1.11. The van der Waals surface area contributed by atoms with Gasteiger partial charge in [-0.05, 0) is 19.1 Å². The Morgan fingerprint density at radius 2 is 1.79 bits per heavy atom. The molecule has 0 aliphatic carbocycles. The molecule has 0 aliphatic rings. The summed E-state index contributed by atoms with van der Waals surface area (Å²) in [7, 11) is 0. The molecular weight excluding hydrogens is 260 g/mol. The smallest absolute Gasteiger partial charge is 0.197 e. The third kappa shape index (κ3) is 2.25. The van der Waals surface area contributed by atoms with Gasteiger partial charge in [-0.3, -0.25) is 0 Å². The molecule has 0 N–H and O–H groups in total. The van der Waals surface area contributed by atoms with Crippen LogP contribution < -0.4 is 0 Å². The van der Waals surface area contributed by atoms with Crippen LogP contribution >= 0.6 is 11.6 Å². The van der Waals surface area contributed by atoms with Gasteiger partial charge in [-0.15, -0.1) is 0 Å². The van der Waals surface area contributed by atoms with E-state index in [-0.39, 0.29) is 0 Å². The number of hydrogen-bond acceptors (Lipinski definition) is 3. The highest BCUT2D eigenvalue weighted by Gasteiger charge is 2.13. The third-order valence-corrected chi connectivity index (χ3v) is 3.24. The van der Waals surface area contributed by atoms with E-state index in [0.29, 0.717) is 16.7 Å². The minimum atomic E-state index is 0.445. The van der Waals surface area contributed by atoms with E-state index >= 15 is 0 Å². The van der Waals surface area contributed by atoms with Gasteiger partial charge < -0.3 is 4.42 Å². The van der Waals surface area contributed by atoms with Crippen molar-refractivity contribution in [2.75, 3.05) is 0 Å². The molecule has 0 saturated carbocycles. The third-order valence-electron chi connectivity index (χ3n) is 2.88. The van der Waals surface area contributed by atoms with Crippen LogP contribution in [0.2, 0.25) is 5.15 Å². The van der Waals surface area contributed by atoms with E-state index in [1.54, 1.807) is 12.3 Å². The van der Waals surface area contributed by atoms with E-state index < -0.39 is 0 Å². The summed E-state index contributed by atoms with van der Waals surface area (Å²) >= 11 is 6.19. The molecule has 0 fully saturated rings. The van der Waals surface area contributed by atoms with E-state index in [2.05, 4.69) is 9.97 Å². The zero-order chi connectivity index (χ0) is 13.2. The standard InChI is InChI=1S/C15H11ClN2O/c1-10-13(11-6-3-2-4-7-11)17-15(18-14(10)16)12-8-5-9-19-12/h2-9H,1H3. The predicted octanol–water partition coefficient (Wildman–Crippen LogP) is 4.37. The molecule has 0 amide bonds. The number of aromatic nitrogens is 2. The minimum absolute atomic E-state index is 0.445. The number of hydrogen-bond donors (Lipinski definition) is 0. The first-order chi connectivity index (χ1) is 9.25. The van der Waals surface area contributed by atoms with Crippen LogP contribution in [0.5, 0.6) is 0 Å². The molecule has 0 bridgehead atoms. The topological polar surface area (TPSA) is 38.9 Å². The molecule has 4 heteroatoms. The van der Waals surface area contributed by atoms with Gasteiger partial charge in [0.1, 0.15) is 5.15 Å². The molecule has 19 heavy (non-hydrogen) atoms. The van der Waals surface area contributed by atoms with E-state index in [1.165, 1.54) is 0 Å². The Kier molecular flexibility index (Phi) is 3.05. The van der Waals surface area contributed by atoms with Gasteiger partial charge in [0.05, 0.1) is 12.0 Å². The maximum absolute atomic E-state index is 6.19. The van der Waals surface area contributed by atoms with Crippen molar-refractivity contribution in [2.45, 2.75) is 6.92 Å². The van der Waals surface area contributed by atoms with Gasteiger partial charge in [-0.2, -0.15) is 0 Å². The van der Waals surface area contributed by atoms with Crippen molar-refractivity contribution >= 4 is 11.6 Å². The molecule has 1 aromatic carbocycles. The highest BCUT2D eigenvalue weighted by molar-refractivity contribution is 6.30. The average molecular weight is 271 g/mol. The van der Waals surface area contributed by atoms with Crippen molar-refractivity contribution < 1.29 is 4.42 Å². The van der Waals surface area contributed by atoms with Crippen LogP contribution in [0.1, 0.15) is 5.56 Å². The van der Waals surface area contributed by atoms with Gasteiger partial charge in [0, 0.05) is 11.1 Å². The molecule has 2 heterocycles. The fourth-order valence-electron chi connectivity index (χ4n) is 1.88. The van der Waals surface area contributed by atoms with Gasteiger partial charge in [0.2, 0.25) is 0 Å². The zero-order valence-electron chi connectivity index (χ0n) is 10.3. The normalized spacial score (nSPS) is 10.6. The Labute approximate surface area is 115 Å². The summed E-state index contributed by atoms with van der Waals surface area (Å²) in [4.78, 5) is 8.82. The quantitative estimate of drug-likeness (QED) is 0.649. The number of furan rings is 1. The predicted molar refractivity (Wildman–Crippen MR) is 74.9 cm³/mol. The van der Waals surface area contributed by atoms with Gasteiger partial charge in [-0.1, -0.05) is 41.9 Å². The summed E-state index contributed by atoms with van der Waals surface area (Å²) in [6.45, 7) is 1.91. The second-order valence-corrected chi connectivity index (χ2v) is 4.51. The summed E-state index contributed by atoms with van der Waals surface area (Å²) in [6, 6.07) is 13.5. The number of nitrogens with zero attached hydrogens (tertiary/aromatic N) is 2. The first kappa shape index (κ1) is 11.9. The van der Waals surface area contributed by atoms with Crippen molar-refractivity contribution in [1.82, 2.24) is 9.97 Å². The monoisotopic (exact) mass is 270 g/mol. The number of rotatable bonds is 2. The zero-order valence-corrected chi connectivity index (χ0v) is 11.1. The summed E-state index contributed by atoms with van der Waals surface area (Å²) < 4.78 is 5.32. The summed E-state index contributed by atoms with van der Waals surface area (Å²) in [5.41, 5.74) is 2.70. The minimum Gasteiger partial charge on any atom is -0.461 e. The molecule has 0 radical (unpaired) electrons. The second kappa shape index (κ2) is 4.86. The van der Waals surface area contributed by atoms with Gasteiger partial charge in [0.15, 0.2) is 11.6 Å². The molecule has 94 valence electrons. The fourth-order valence-corrected chi connectivity index (χ4v) is 2.05. The lowest BCUT2D eigenvalue weighted by Crippen LogP contribution is -1.96. The largest absolute Gasteiger partial charge is 0.461 e. The molecular formula is C15H11ClN2O. The van der Waals surface area contributed by atoms with E-state index in [4.69, 9.17) is 16.0 Å². The van der Waals surface area contributed by atoms with Crippen LogP contribution in [0.3, 0.4) is 0 Å². The molecule has 0 saturated heterocycles. The maximum Gasteiger partial charge on any atom is 0.197 e. The van der Waals surface area contributed by atoms with Crippen molar-refractivity contribution in [3.05, 3.63) is 59.4 Å². The lowest BCUT2D eigenvalue weighted by Gasteiger charge is -2.08. The number of benzene rings is 1. The molecule has 2 aromatic heterocycles. The Morgan fingerprint density at radius 1 is 1.00 bits per heavy atom. The average Bonchev–Trinajstić information content (AvgIpc) is 2.97. The first-order valence-electron chi connectivity index (χ1n) is 5.89. The molecule has 0 aliphatic heterocycles. The fraction of sp³-hybridized carbons (Fsp3) is 0.0667. The van der Waals surface area contributed by atoms with Crippen molar-refractivity contribution in [3.63, 3.8) is 0 Å². The van der Waals surface area contributed by atoms with Crippen molar-refractivity contribution in [2.24, 2.45) is 0 Å². The molecule has 0 spiro atoms. The molecule has 3 aromatic rings. The lowest BCUT2D eigenvalue weighted by molar-refractivity contribution is 0.577. The molecule has 0 atom stereocenters. The Hall–Kier alpha value is -2.13. The summed E-state index contributed by atoms with van der Waals surface area (Å²) in [6.07, 6.45) is 1.59. The van der Waals surface area contributed by atoms with Gasteiger partial charge in [-0.25, -0.2) is 9.97 Å². The van der Waals surface area contributed by atoms with Crippen LogP contribution in [0.25, 0.3) is 22.8 Å². The molecule has 3 rings (SSSR count). The number of halogens is 1. The van der Waals surface area contributed by atoms with Crippen LogP contribution in [0.15, 0.2) is 53.1 Å². The van der Waals surface area contributed by atoms with E-state index in [1.807, 2.05) is 43.3 Å². The van der Waals surface area contributed by atoms with Crippen LogP contribution in [-0.2, 0) is 0 Å². The molecule has 0 unspecified atom stereocenters. The van der Waals surface area contributed by atoms with Crippen molar-refractivity contribution in [1.29, 1.82) is 0 Å². The Morgan fingerprint density at radius 3 is 2.47 bits per heavy atom. The van der Waals surface area contributed by atoms with E-state index in [0.717, 1.165) is 16.8 Å². The Balaban J connectivity index is 2.20. The van der Waals surface area contributed by atoms with Crippen molar-refractivity contribution in [3.8, 4) is 22.8 Å². The van der Waals surface area contributed by atoms with Crippen LogP contribution in [0, 0.1) is 6.92 Å². The second-order valence-electron chi connectivity index (χ2n) is 4.15. The Bertz CT molecular complexity index is 694. The maximum atomic E-state index is 6.19. The SMILES string of the molecule is Cc1c(Cl)nc(-c2ccco2)nc1-c1ccccc1. The highest BCUT2D eigenvalue weighted by atomic mass is 35.5.